The molecule has 4 rings (SSSR count). The van der Waals surface area contributed by atoms with Gasteiger partial charge in [-0.2, -0.15) is 0 Å². The van der Waals surface area contributed by atoms with Crippen LogP contribution in [0.1, 0.15) is 6.42 Å². The number of pyridine rings is 1. The normalized spacial score (nSPS) is 26.2. The Bertz CT molecular complexity index is 698. The second kappa shape index (κ2) is 5.93. The Balaban J connectivity index is 1.69. The lowest BCUT2D eigenvalue weighted by Gasteiger charge is -2.46. The lowest BCUT2D eigenvalue weighted by atomic mass is 9.99. The molecular weight excluding hydrogens is 317 g/mol. The summed E-state index contributed by atoms with van der Waals surface area (Å²) >= 11 is 6.48. The van der Waals surface area contributed by atoms with E-state index in [0.29, 0.717) is 6.04 Å². The number of ether oxygens (including phenoxy) is 1. The molecule has 0 saturated carbocycles. The molecule has 0 amide bonds. The molecule has 1 aromatic heterocycles. The molecule has 6 heteroatoms. The number of fused-ring (bicyclic) bond motifs is 2. The first-order chi connectivity index (χ1) is 10.7. The summed E-state index contributed by atoms with van der Waals surface area (Å²) in [6.45, 7) is 3.65. The number of hydrogen-bond acceptors (Lipinski definition) is 4. The Morgan fingerprint density at radius 3 is 3.05 bits per heavy atom. The van der Waals surface area contributed by atoms with Crippen molar-refractivity contribution >= 4 is 37.6 Å². The summed E-state index contributed by atoms with van der Waals surface area (Å²) in [6, 6.07) is 8.67. The Hall–Kier alpha value is -0.930. The van der Waals surface area contributed by atoms with Crippen LogP contribution in [-0.2, 0) is 4.74 Å². The molecule has 2 aliphatic rings. The number of morpholine rings is 1. The average molecular weight is 336 g/mol. The number of aromatic nitrogens is 1. The SMILES string of the molecule is PN1CCOC2CN(c3c(Cl)cnc4ccccc34)CCC21. The highest BCUT2D eigenvalue weighted by Gasteiger charge is 2.36. The van der Waals surface area contributed by atoms with Crippen LogP contribution in [0.2, 0.25) is 5.02 Å². The van der Waals surface area contributed by atoms with E-state index in [0.717, 1.165) is 54.3 Å². The number of piperidine rings is 1. The molecule has 3 heterocycles. The van der Waals surface area contributed by atoms with Crippen LogP contribution in [0.4, 0.5) is 5.69 Å². The molecule has 0 aliphatic carbocycles. The zero-order chi connectivity index (χ0) is 15.1. The van der Waals surface area contributed by atoms with E-state index in [1.807, 2.05) is 18.2 Å². The third kappa shape index (κ3) is 2.48. The molecule has 2 aromatic rings. The van der Waals surface area contributed by atoms with Crippen molar-refractivity contribution in [3.63, 3.8) is 0 Å². The highest BCUT2D eigenvalue weighted by Crippen LogP contribution is 2.36. The minimum absolute atomic E-state index is 0.239. The molecule has 0 N–H and O–H groups in total. The second-order valence-corrected chi connectivity index (χ2v) is 6.99. The van der Waals surface area contributed by atoms with Gasteiger partial charge in [0, 0.05) is 37.3 Å². The second-order valence-electron chi connectivity index (χ2n) is 5.92. The first-order valence-corrected chi connectivity index (χ1v) is 8.54. The molecule has 1 aromatic carbocycles. The average Bonchev–Trinajstić information content (AvgIpc) is 2.55. The summed E-state index contributed by atoms with van der Waals surface area (Å²) in [7, 11) is 2.85. The highest BCUT2D eigenvalue weighted by molar-refractivity contribution is 7.13. The van der Waals surface area contributed by atoms with Crippen molar-refractivity contribution in [1.29, 1.82) is 0 Å². The predicted molar refractivity (Wildman–Crippen MR) is 93.5 cm³/mol. The third-order valence-electron chi connectivity index (χ3n) is 4.65. The van der Waals surface area contributed by atoms with E-state index >= 15 is 0 Å². The van der Waals surface area contributed by atoms with E-state index in [1.165, 1.54) is 0 Å². The first kappa shape index (κ1) is 14.6. The van der Waals surface area contributed by atoms with Crippen LogP contribution in [-0.4, -0.2) is 48.0 Å². The summed E-state index contributed by atoms with van der Waals surface area (Å²) in [6.07, 6.45) is 3.08. The Labute approximate surface area is 137 Å². The number of hydrogen-bond donors (Lipinski definition) is 0. The predicted octanol–water partition coefficient (Wildman–Crippen LogP) is 2.96. The first-order valence-electron chi connectivity index (χ1n) is 7.65. The van der Waals surface area contributed by atoms with E-state index in [9.17, 15) is 0 Å². The largest absolute Gasteiger partial charge is 0.373 e. The fraction of sp³-hybridized carbons (Fsp3) is 0.438. The monoisotopic (exact) mass is 335 g/mol. The van der Waals surface area contributed by atoms with Crippen molar-refractivity contribution in [2.75, 3.05) is 31.1 Å². The van der Waals surface area contributed by atoms with Crippen LogP contribution in [0, 0.1) is 0 Å². The number of anilines is 1. The van der Waals surface area contributed by atoms with Crippen molar-refractivity contribution in [2.24, 2.45) is 0 Å². The molecule has 0 radical (unpaired) electrons. The van der Waals surface area contributed by atoms with Crippen LogP contribution in [0.3, 0.4) is 0 Å². The Kier molecular flexibility index (Phi) is 3.95. The smallest absolute Gasteiger partial charge is 0.0909 e. The lowest BCUT2D eigenvalue weighted by molar-refractivity contribution is -0.0423. The Morgan fingerprint density at radius 1 is 1.27 bits per heavy atom. The molecule has 116 valence electrons. The standard InChI is InChI=1S/C16H19ClN3OP/c17-12-9-18-13-4-2-1-3-11(13)16(12)19-6-5-14-15(10-19)21-8-7-20(14)22/h1-4,9,14-15H,5-8,10,22H2. The number of nitrogens with zero attached hydrogens (tertiary/aromatic N) is 3. The Morgan fingerprint density at radius 2 is 2.14 bits per heavy atom. The number of benzene rings is 1. The van der Waals surface area contributed by atoms with Crippen molar-refractivity contribution in [3.8, 4) is 0 Å². The molecule has 2 fully saturated rings. The van der Waals surface area contributed by atoms with Crippen LogP contribution >= 0.6 is 21.0 Å². The van der Waals surface area contributed by atoms with Gasteiger partial charge in [0.2, 0.25) is 0 Å². The van der Waals surface area contributed by atoms with Gasteiger partial charge in [-0.15, -0.1) is 0 Å². The van der Waals surface area contributed by atoms with Gasteiger partial charge in [-0.1, -0.05) is 39.2 Å². The van der Waals surface area contributed by atoms with Gasteiger partial charge in [-0.25, -0.2) is 0 Å². The van der Waals surface area contributed by atoms with Gasteiger partial charge in [0.05, 0.1) is 28.9 Å². The van der Waals surface area contributed by atoms with Crippen LogP contribution in [0.15, 0.2) is 30.5 Å². The molecule has 2 saturated heterocycles. The maximum atomic E-state index is 6.48. The molecule has 4 nitrogen and oxygen atoms in total. The minimum Gasteiger partial charge on any atom is -0.373 e. The van der Waals surface area contributed by atoms with E-state index in [4.69, 9.17) is 16.3 Å². The molecule has 3 unspecified atom stereocenters. The quantitative estimate of drug-likeness (QED) is 0.749. The highest BCUT2D eigenvalue weighted by atomic mass is 35.5. The van der Waals surface area contributed by atoms with Crippen LogP contribution < -0.4 is 4.90 Å². The zero-order valence-electron chi connectivity index (χ0n) is 12.3. The van der Waals surface area contributed by atoms with Gasteiger partial charge >= 0.3 is 0 Å². The molecular formula is C16H19ClN3OP. The number of para-hydroxylation sites is 1. The molecule has 3 atom stereocenters. The molecule has 2 aliphatic heterocycles. The van der Waals surface area contributed by atoms with Crippen molar-refractivity contribution in [3.05, 3.63) is 35.5 Å². The van der Waals surface area contributed by atoms with Crippen LogP contribution in [0.5, 0.6) is 0 Å². The van der Waals surface area contributed by atoms with Crippen LogP contribution in [0.25, 0.3) is 10.9 Å². The summed E-state index contributed by atoms with van der Waals surface area (Å²) in [5.41, 5.74) is 2.08. The topological polar surface area (TPSA) is 28.6 Å². The molecule has 0 bridgehead atoms. The number of rotatable bonds is 1. The van der Waals surface area contributed by atoms with E-state index in [-0.39, 0.29) is 6.10 Å². The van der Waals surface area contributed by atoms with Gasteiger partial charge in [0.25, 0.3) is 0 Å². The van der Waals surface area contributed by atoms with Gasteiger partial charge in [-0.05, 0) is 12.5 Å². The fourth-order valence-corrected chi connectivity index (χ4v) is 4.27. The van der Waals surface area contributed by atoms with Gasteiger partial charge in [0.15, 0.2) is 0 Å². The molecule has 22 heavy (non-hydrogen) atoms. The lowest BCUT2D eigenvalue weighted by Crippen LogP contribution is -2.56. The maximum Gasteiger partial charge on any atom is 0.0909 e. The number of halogens is 1. The minimum atomic E-state index is 0.239. The summed E-state index contributed by atoms with van der Waals surface area (Å²) in [5, 5.41) is 1.84. The summed E-state index contributed by atoms with van der Waals surface area (Å²) in [4.78, 5) is 6.79. The van der Waals surface area contributed by atoms with E-state index in [2.05, 4.69) is 30.0 Å². The van der Waals surface area contributed by atoms with Crippen molar-refractivity contribution in [2.45, 2.75) is 18.6 Å². The maximum absolute atomic E-state index is 6.48. The van der Waals surface area contributed by atoms with E-state index < -0.39 is 0 Å². The van der Waals surface area contributed by atoms with Gasteiger partial charge in [-0.3, -0.25) is 9.65 Å². The molecule has 0 spiro atoms. The van der Waals surface area contributed by atoms with Gasteiger partial charge < -0.3 is 9.64 Å². The summed E-state index contributed by atoms with van der Waals surface area (Å²) in [5.74, 6) is 0. The van der Waals surface area contributed by atoms with Gasteiger partial charge in [0.1, 0.15) is 0 Å². The zero-order valence-corrected chi connectivity index (χ0v) is 14.2. The van der Waals surface area contributed by atoms with E-state index in [1.54, 1.807) is 6.20 Å². The third-order valence-corrected chi connectivity index (χ3v) is 5.57. The van der Waals surface area contributed by atoms with Crippen molar-refractivity contribution in [1.82, 2.24) is 9.65 Å². The summed E-state index contributed by atoms with van der Waals surface area (Å²) < 4.78 is 8.35. The fourth-order valence-electron chi connectivity index (χ4n) is 3.55. The van der Waals surface area contributed by atoms with Crippen molar-refractivity contribution < 1.29 is 4.74 Å².